The predicted octanol–water partition coefficient (Wildman–Crippen LogP) is 4.63. The number of amides is 1. The van der Waals surface area contributed by atoms with Crippen molar-refractivity contribution in [3.8, 4) is 0 Å². The first-order valence-corrected chi connectivity index (χ1v) is 12.6. The van der Waals surface area contributed by atoms with Crippen LogP contribution < -0.4 is 5.32 Å². The molecule has 178 valence electrons. The van der Waals surface area contributed by atoms with Gasteiger partial charge in [0.05, 0.1) is 17.7 Å². The highest BCUT2D eigenvalue weighted by Crippen LogP contribution is 2.36. The summed E-state index contributed by atoms with van der Waals surface area (Å²) in [5.74, 6) is 0.705. The number of hydrogen-bond acceptors (Lipinski definition) is 4. The van der Waals surface area contributed by atoms with Crippen LogP contribution in [0.3, 0.4) is 0 Å². The van der Waals surface area contributed by atoms with Gasteiger partial charge >= 0.3 is 0 Å². The Hall–Kier alpha value is -2.24. The summed E-state index contributed by atoms with van der Waals surface area (Å²) >= 11 is 0. The summed E-state index contributed by atoms with van der Waals surface area (Å²) in [5, 5.41) is 3.19. The molecule has 2 aliphatic heterocycles. The molecule has 33 heavy (non-hydrogen) atoms. The average molecular weight is 450 g/mol. The minimum absolute atomic E-state index is 0.128. The number of carbonyl (C=O) groups is 1. The first-order valence-electron chi connectivity index (χ1n) is 12.6. The largest absolute Gasteiger partial charge is 0.381 e. The van der Waals surface area contributed by atoms with E-state index in [1.54, 1.807) is 0 Å². The summed E-state index contributed by atoms with van der Waals surface area (Å²) in [4.78, 5) is 20.6. The lowest BCUT2D eigenvalue weighted by atomic mass is 9.74. The van der Waals surface area contributed by atoms with Crippen LogP contribution in [0.15, 0.2) is 42.5 Å². The van der Waals surface area contributed by atoms with Gasteiger partial charge in [-0.2, -0.15) is 0 Å². The van der Waals surface area contributed by atoms with Crippen LogP contribution in [0, 0.1) is 12.3 Å². The van der Waals surface area contributed by atoms with E-state index in [9.17, 15) is 4.79 Å². The molecular weight excluding hydrogens is 410 g/mol. The third-order valence-corrected chi connectivity index (χ3v) is 7.46. The Kier molecular flexibility index (Phi) is 7.82. The fourth-order valence-electron chi connectivity index (χ4n) is 5.40. The zero-order valence-corrected chi connectivity index (χ0v) is 20.5. The summed E-state index contributed by atoms with van der Waals surface area (Å²) in [6.45, 7) is 10.6. The molecule has 0 spiro atoms. The third kappa shape index (κ3) is 6.01. The van der Waals surface area contributed by atoms with Crippen LogP contribution in [0.2, 0.25) is 0 Å². The van der Waals surface area contributed by atoms with Gasteiger partial charge in [0.1, 0.15) is 0 Å². The van der Waals surface area contributed by atoms with Crippen LogP contribution in [0.4, 0.5) is 0 Å². The monoisotopic (exact) mass is 449 g/mol. The Balaban J connectivity index is 1.48. The maximum absolute atomic E-state index is 13.5. The van der Waals surface area contributed by atoms with E-state index < -0.39 is 5.41 Å². The van der Waals surface area contributed by atoms with Crippen molar-refractivity contribution in [1.29, 1.82) is 0 Å². The van der Waals surface area contributed by atoms with E-state index in [2.05, 4.69) is 53.3 Å². The summed E-state index contributed by atoms with van der Waals surface area (Å²) in [6, 6.07) is 15.5. The molecule has 0 aliphatic carbocycles. The molecule has 1 aromatic carbocycles. The summed E-state index contributed by atoms with van der Waals surface area (Å²) in [6.07, 6.45) is 4.78. The Bertz CT molecular complexity index is 936. The predicted molar refractivity (Wildman–Crippen MR) is 132 cm³/mol. The Morgan fingerprint density at radius 2 is 2.00 bits per heavy atom. The molecule has 3 heterocycles. The molecule has 2 aromatic rings. The maximum Gasteiger partial charge on any atom is 0.227 e. The number of ether oxygens (including phenoxy) is 1. The standard InChI is InChI=1S/C28H39N3O2/c1-21(2)31-14-6-10-25(20-31)24-9-5-8-23(17-24)18-28(12-15-33-16-13-28)27(32)29-19-26-11-4-7-22(3)30-26/h4-5,7-9,11,17,21,25H,6,10,12-16,18-20H2,1-3H3,(H,29,32)/t25-/m0/s1. The number of aryl methyl sites for hydroxylation is 1. The molecular formula is C28H39N3O2. The second-order valence-corrected chi connectivity index (χ2v) is 10.2. The number of nitrogens with one attached hydrogen (secondary N) is 1. The Labute approximate surface area is 198 Å². The van der Waals surface area contributed by atoms with Crippen LogP contribution in [0.1, 0.15) is 68.0 Å². The quantitative estimate of drug-likeness (QED) is 0.669. The highest BCUT2D eigenvalue weighted by Gasteiger charge is 2.40. The lowest BCUT2D eigenvalue weighted by Gasteiger charge is -2.37. The van der Waals surface area contributed by atoms with Gasteiger partial charge < -0.3 is 15.0 Å². The Morgan fingerprint density at radius 1 is 1.21 bits per heavy atom. The molecule has 1 atom stereocenters. The van der Waals surface area contributed by atoms with Crippen molar-refractivity contribution in [2.75, 3.05) is 26.3 Å². The second-order valence-electron chi connectivity index (χ2n) is 10.2. The van der Waals surface area contributed by atoms with Crippen molar-refractivity contribution in [2.24, 2.45) is 5.41 Å². The van der Waals surface area contributed by atoms with E-state index >= 15 is 0 Å². The van der Waals surface area contributed by atoms with E-state index in [4.69, 9.17) is 4.74 Å². The Morgan fingerprint density at radius 3 is 2.76 bits per heavy atom. The van der Waals surface area contributed by atoms with Gasteiger partial charge in [0.2, 0.25) is 5.91 Å². The van der Waals surface area contributed by atoms with Crippen molar-refractivity contribution in [3.63, 3.8) is 0 Å². The van der Waals surface area contributed by atoms with E-state index in [1.807, 2.05) is 25.1 Å². The van der Waals surface area contributed by atoms with Crippen molar-refractivity contribution >= 4 is 5.91 Å². The molecule has 2 fully saturated rings. The van der Waals surface area contributed by atoms with Crippen LogP contribution >= 0.6 is 0 Å². The minimum atomic E-state index is -0.419. The van der Waals surface area contributed by atoms with E-state index in [0.29, 0.717) is 31.7 Å². The summed E-state index contributed by atoms with van der Waals surface area (Å²) < 4.78 is 5.65. The first-order chi connectivity index (χ1) is 15.9. The molecule has 0 saturated carbocycles. The number of nitrogens with zero attached hydrogens (tertiary/aromatic N) is 2. The van der Waals surface area contributed by atoms with Crippen LogP contribution in [0.5, 0.6) is 0 Å². The smallest absolute Gasteiger partial charge is 0.227 e. The number of aromatic nitrogens is 1. The highest BCUT2D eigenvalue weighted by atomic mass is 16.5. The first kappa shape index (κ1) is 23.9. The molecule has 4 rings (SSSR count). The van der Waals surface area contributed by atoms with E-state index in [-0.39, 0.29) is 5.91 Å². The fraction of sp³-hybridized carbons (Fsp3) is 0.571. The van der Waals surface area contributed by atoms with Gasteiger partial charge in [-0.05, 0) is 88.6 Å². The van der Waals surface area contributed by atoms with Gasteiger partial charge in [-0.25, -0.2) is 0 Å². The molecule has 1 N–H and O–H groups in total. The third-order valence-electron chi connectivity index (χ3n) is 7.46. The van der Waals surface area contributed by atoms with Crippen LogP contribution in [-0.2, 0) is 22.5 Å². The zero-order valence-electron chi connectivity index (χ0n) is 20.5. The lowest BCUT2D eigenvalue weighted by molar-refractivity contribution is -0.136. The van der Waals surface area contributed by atoms with E-state index in [1.165, 1.54) is 30.5 Å². The normalized spacial score (nSPS) is 21.2. The fourth-order valence-corrected chi connectivity index (χ4v) is 5.40. The highest BCUT2D eigenvalue weighted by molar-refractivity contribution is 5.83. The van der Waals surface area contributed by atoms with Crippen LogP contribution in [0.25, 0.3) is 0 Å². The number of carbonyl (C=O) groups excluding carboxylic acids is 1. The topological polar surface area (TPSA) is 54.5 Å². The molecule has 5 heteroatoms. The zero-order chi connectivity index (χ0) is 23.3. The number of likely N-dealkylation sites (tertiary alicyclic amines) is 1. The van der Waals surface area contributed by atoms with Crippen molar-refractivity contribution < 1.29 is 9.53 Å². The average Bonchev–Trinajstić information content (AvgIpc) is 2.83. The van der Waals surface area contributed by atoms with Crippen molar-refractivity contribution in [2.45, 2.75) is 71.4 Å². The van der Waals surface area contributed by atoms with Gasteiger partial charge in [-0.3, -0.25) is 9.78 Å². The molecule has 0 unspecified atom stereocenters. The molecule has 2 aliphatic rings. The van der Waals surface area contributed by atoms with Crippen molar-refractivity contribution in [1.82, 2.24) is 15.2 Å². The molecule has 1 amide bonds. The maximum atomic E-state index is 13.5. The molecule has 5 nitrogen and oxygen atoms in total. The molecule has 0 bridgehead atoms. The lowest BCUT2D eigenvalue weighted by Crippen LogP contribution is -2.46. The number of benzene rings is 1. The summed E-state index contributed by atoms with van der Waals surface area (Å²) in [5.41, 5.74) is 4.14. The van der Waals surface area contributed by atoms with Gasteiger partial charge in [-0.15, -0.1) is 0 Å². The molecule has 1 aromatic heterocycles. The number of pyridine rings is 1. The number of hydrogen-bond donors (Lipinski definition) is 1. The van der Waals surface area contributed by atoms with Crippen LogP contribution in [-0.4, -0.2) is 48.1 Å². The minimum Gasteiger partial charge on any atom is -0.381 e. The van der Waals surface area contributed by atoms with Gasteiger partial charge in [0, 0.05) is 31.5 Å². The van der Waals surface area contributed by atoms with E-state index in [0.717, 1.165) is 37.2 Å². The SMILES string of the molecule is Cc1cccc(CNC(=O)C2(Cc3cccc([C@H]4CCCN(C(C)C)C4)c3)CCOCC2)n1. The van der Waals surface area contributed by atoms with Gasteiger partial charge in [0.15, 0.2) is 0 Å². The van der Waals surface area contributed by atoms with Gasteiger partial charge in [0.25, 0.3) is 0 Å². The number of piperidine rings is 1. The second kappa shape index (κ2) is 10.8. The molecule has 2 saturated heterocycles. The summed E-state index contributed by atoms with van der Waals surface area (Å²) in [7, 11) is 0. The van der Waals surface area contributed by atoms with Gasteiger partial charge in [-0.1, -0.05) is 30.3 Å². The number of rotatable bonds is 7. The van der Waals surface area contributed by atoms with Crippen molar-refractivity contribution in [3.05, 3.63) is 65.0 Å². The molecule has 0 radical (unpaired) electrons.